The van der Waals surface area contributed by atoms with Crippen LogP contribution >= 0.6 is 23.4 Å². The predicted octanol–water partition coefficient (Wildman–Crippen LogP) is 4.54. The van der Waals surface area contributed by atoms with Crippen molar-refractivity contribution < 1.29 is 14.1 Å². The van der Waals surface area contributed by atoms with Crippen LogP contribution in [0.25, 0.3) is 0 Å². The maximum atomic E-state index is 12.4. The van der Waals surface area contributed by atoms with Gasteiger partial charge in [0, 0.05) is 16.8 Å². The van der Waals surface area contributed by atoms with Gasteiger partial charge in [-0.15, -0.1) is 11.8 Å². The van der Waals surface area contributed by atoms with Gasteiger partial charge in [-0.05, 0) is 36.4 Å². The SMILES string of the molecule is Cc1nc(CSc2ccccc2C(=O)Oc2ccc(Cl)cc2)no1. The van der Waals surface area contributed by atoms with Crippen molar-refractivity contribution in [3.8, 4) is 5.75 Å². The number of carbonyl (C=O) groups excluding carboxylic acids is 1. The summed E-state index contributed by atoms with van der Waals surface area (Å²) in [6.07, 6.45) is 0. The quantitative estimate of drug-likeness (QED) is 0.378. The first-order valence-corrected chi connectivity index (χ1v) is 8.47. The molecule has 0 aliphatic heterocycles. The van der Waals surface area contributed by atoms with Gasteiger partial charge in [-0.2, -0.15) is 4.98 Å². The number of nitrogens with zero attached hydrogens (tertiary/aromatic N) is 2. The van der Waals surface area contributed by atoms with Gasteiger partial charge in [0.15, 0.2) is 5.82 Å². The highest BCUT2D eigenvalue weighted by molar-refractivity contribution is 7.98. The molecule has 7 heteroatoms. The van der Waals surface area contributed by atoms with Crippen LogP contribution < -0.4 is 4.74 Å². The molecule has 0 saturated carbocycles. The van der Waals surface area contributed by atoms with Gasteiger partial charge in [0.1, 0.15) is 5.75 Å². The maximum absolute atomic E-state index is 12.4. The Morgan fingerprint density at radius 1 is 1.21 bits per heavy atom. The summed E-state index contributed by atoms with van der Waals surface area (Å²) >= 11 is 7.28. The monoisotopic (exact) mass is 360 g/mol. The molecule has 0 atom stereocenters. The van der Waals surface area contributed by atoms with E-state index in [1.807, 2.05) is 12.1 Å². The third-order valence-corrected chi connectivity index (χ3v) is 4.38. The summed E-state index contributed by atoms with van der Waals surface area (Å²) in [5.41, 5.74) is 0.484. The molecule has 3 rings (SSSR count). The average molecular weight is 361 g/mol. The van der Waals surface area contributed by atoms with Crippen molar-refractivity contribution in [2.24, 2.45) is 0 Å². The summed E-state index contributed by atoms with van der Waals surface area (Å²) in [4.78, 5) is 17.4. The number of carbonyl (C=O) groups is 1. The molecule has 2 aromatic carbocycles. The number of aryl methyl sites for hydroxylation is 1. The Morgan fingerprint density at radius 3 is 2.67 bits per heavy atom. The molecule has 0 bridgehead atoms. The first-order chi connectivity index (χ1) is 11.6. The molecule has 3 aromatic rings. The van der Waals surface area contributed by atoms with E-state index in [0.717, 1.165) is 4.90 Å². The fourth-order valence-electron chi connectivity index (χ4n) is 1.97. The van der Waals surface area contributed by atoms with Crippen molar-refractivity contribution >= 4 is 29.3 Å². The van der Waals surface area contributed by atoms with E-state index in [9.17, 15) is 4.79 Å². The molecule has 0 spiro atoms. The second kappa shape index (κ2) is 7.51. The number of rotatable bonds is 5. The van der Waals surface area contributed by atoms with Gasteiger partial charge in [-0.3, -0.25) is 0 Å². The Hall–Kier alpha value is -2.31. The van der Waals surface area contributed by atoms with Crippen molar-refractivity contribution in [3.05, 3.63) is 70.8 Å². The van der Waals surface area contributed by atoms with Gasteiger partial charge in [0.05, 0.1) is 11.3 Å². The molecule has 0 saturated heterocycles. The molecule has 24 heavy (non-hydrogen) atoms. The zero-order valence-corrected chi connectivity index (χ0v) is 14.3. The van der Waals surface area contributed by atoms with Gasteiger partial charge in [-0.25, -0.2) is 4.79 Å². The first-order valence-electron chi connectivity index (χ1n) is 7.10. The molecule has 0 unspecified atom stereocenters. The van der Waals surface area contributed by atoms with E-state index >= 15 is 0 Å². The summed E-state index contributed by atoms with van der Waals surface area (Å²) in [5, 5.41) is 4.43. The minimum Gasteiger partial charge on any atom is -0.423 e. The Labute approximate surface area is 148 Å². The van der Waals surface area contributed by atoms with Crippen molar-refractivity contribution in [1.29, 1.82) is 0 Å². The highest BCUT2D eigenvalue weighted by atomic mass is 35.5. The van der Waals surface area contributed by atoms with E-state index < -0.39 is 5.97 Å². The van der Waals surface area contributed by atoms with Crippen LogP contribution in [0.1, 0.15) is 22.1 Å². The number of hydrogen-bond acceptors (Lipinski definition) is 6. The lowest BCUT2D eigenvalue weighted by molar-refractivity contribution is 0.0731. The highest BCUT2D eigenvalue weighted by Crippen LogP contribution is 2.27. The van der Waals surface area contributed by atoms with Crippen LogP contribution in [0.5, 0.6) is 5.75 Å². The lowest BCUT2D eigenvalue weighted by Gasteiger charge is -2.08. The molecule has 0 aliphatic rings. The van der Waals surface area contributed by atoms with E-state index in [0.29, 0.717) is 33.8 Å². The standard InChI is InChI=1S/C17H13ClN2O3S/c1-11-19-16(20-23-11)10-24-15-5-3-2-4-14(15)17(21)22-13-8-6-12(18)7-9-13/h2-9H,10H2,1H3. The second-order valence-corrected chi connectivity index (χ2v) is 6.31. The summed E-state index contributed by atoms with van der Waals surface area (Å²) < 4.78 is 10.3. The normalized spacial score (nSPS) is 10.6. The Bertz CT molecular complexity index is 849. The number of esters is 1. The van der Waals surface area contributed by atoms with Crippen LogP contribution in [0, 0.1) is 6.92 Å². The lowest BCUT2D eigenvalue weighted by atomic mass is 10.2. The lowest BCUT2D eigenvalue weighted by Crippen LogP contribution is -2.09. The maximum Gasteiger partial charge on any atom is 0.344 e. The highest BCUT2D eigenvalue weighted by Gasteiger charge is 2.15. The molecule has 0 fully saturated rings. The third-order valence-electron chi connectivity index (χ3n) is 3.06. The predicted molar refractivity (Wildman–Crippen MR) is 91.4 cm³/mol. The summed E-state index contributed by atoms with van der Waals surface area (Å²) in [6.45, 7) is 1.73. The van der Waals surface area contributed by atoms with Crippen LogP contribution in [-0.2, 0) is 5.75 Å². The van der Waals surface area contributed by atoms with Crippen molar-refractivity contribution in [1.82, 2.24) is 10.1 Å². The minimum atomic E-state index is -0.426. The molecule has 5 nitrogen and oxygen atoms in total. The zero-order chi connectivity index (χ0) is 16.9. The first kappa shape index (κ1) is 16.5. The van der Waals surface area contributed by atoms with Crippen LogP contribution in [0.15, 0.2) is 57.9 Å². The van der Waals surface area contributed by atoms with E-state index in [4.69, 9.17) is 20.9 Å². The molecule has 0 aliphatic carbocycles. The minimum absolute atomic E-state index is 0.426. The summed E-state index contributed by atoms with van der Waals surface area (Å²) in [7, 11) is 0. The molecule has 1 heterocycles. The van der Waals surface area contributed by atoms with Gasteiger partial charge in [-0.1, -0.05) is 28.9 Å². The van der Waals surface area contributed by atoms with E-state index in [1.54, 1.807) is 43.3 Å². The fraction of sp³-hybridized carbons (Fsp3) is 0.118. The number of thioether (sulfide) groups is 1. The third kappa shape index (κ3) is 4.15. The summed E-state index contributed by atoms with van der Waals surface area (Å²) in [6, 6.07) is 13.9. The smallest absolute Gasteiger partial charge is 0.344 e. The van der Waals surface area contributed by atoms with E-state index in [-0.39, 0.29) is 0 Å². The van der Waals surface area contributed by atoms with Crippen molar-refractivity contribution in [2.45, 2.75) is 17.6 Å². The molecular weight excluding hydrogens is 348 g/mol. The zero-order valence-electron chi connectivity index (χ0n) is 12.7. The number of aromatic nitrogens is 2. The van der Waals surface area contributed by atoms with Crippen molar-refractivity contribution in [3.63, 3.8) is 0 Å². The number of hydrogen-bond donors (Lipinski definition) is 0. The Kier molecular flexibility index (Phi) is 5.17. The molecule has 1 aromatic heterocycles. The molecule has 0 radical (unpaired) electrons. The second-order valence-electron chi connectivity index (χ2n) is 4.86. The van der Waals surface area contributed by atoms with Crippen molar-refractivity contribution in [2.75, 3.05) is 0 Å². The average Bonchev–Trinajstić information content (AvgIpc) is 3.01. The Balaban J connectivity index is 1.72. The van der Waals surface area contributed by atoms with Gasteiger partial charge in [0.25, 0.3) is 0 Å². The van der Waals surface area contributed by atoms with Crippen LogP contribution in [0.2, 0.25) is 5.02 Å². The molecule has 0 amide bonds. The van der Waals surface area contributed by atoms with E-state index in [1.165, 1.54) is 11.8 Å². The topological polar surface area (TPSA) is 65.2 Å². The largest absolute Gasteiger partial charge is 0.423 e. The van der Waals surface area contributed by atoms with E-state index in [2.05, 4.69) is 10.1 Å². The van der Waals surface area contributed by atoms with Gasteiger partial charge in [0.2, 0.25) is 5.89 Å². The van der Waals surface area contributed by atoms with Crippen LogP contribution in [0.4, 0.5) is 0 Å². The van der Waals surface area contributed by atoms with Gasteiger partial charge < -0.3 is 9.26 Å². The number of ether oxygens (including phenoxy) is 1. The van der Waals surface area contributed by atoms with Gasteiger partial charge >= 0.3 is 5.97 Å². The summed E-state index contributed by atoms with van der Waals surface area (Å²) in [5.74, 6) is 1.62. The fourth-order valence-corrected chi connectivity index (χ4v) is 2.98. The molecule has 0 N–H and O–H groups in total. The van der Waals surface area contributed by atoms with Crippen LogP contribution in [-0.4, -0.2) is 16.1 Å². The molecule has 122 valence electrons. The number of halogens is 1. The molecular formula is C17H13ClN2O3S. The Morgan fingerprint density at radius 2 is 1.96 bits per heavy atom. The number of benzene rings is 2. The van der Waals surface area contributed by atoms with Crippen LogP contribution in [0.3, 0.4) is 0 Å².